The Bertz CT molecular complexity index is 580. The summed E-state index contributed by atoms with van der Waals surface area (Å²) in [6, 6.07) is 5.99. The van der Waals surface area contributed by atoms with E-state index in [1.807, 2.05) is 25.1 Å². The molecule has 1 spiro atoms. The molecule has 4 heteroatoms. The number of benzene rings is 1. The smallest absolute Gasteiger partial charge is 0.241 e. The van der Waals surface area contributed by atoms with E-state index in [9.17, 15) is 4.79 Å². The first-order chi connectivity index (χ1) is 10.4. The van der Waals surface area contributed by atoms with Crippen molar-refractivity contribution < 1.29 is 4.79 Å². The molecule has 0 aromatic heterocycles. The highest BCUT2D eigenvalue weighted by molar-refractivity contribution is 9.10. The normalized spacial score (nSPS) is 24.9. The lowest BCUT2D eigenvalue weighted by Gasteiger charge is -2.52. The van der Waals surface area contributed by atoms with Gasteiger partial charge in [0.25, 0.3) is 0 Å². The van der Waals surface area contributed by atoms with Crippen molar-refractivity contribution in [3.05, 3.63) is 28.8 Å². The predicted octanol–water partition coefficient (Wildman–Crippen LogP) is 5.67. The first-order valence-electron chi connectivity index (χ1n) is 8.22. The van der Waals surface area contributed by atoms with Gasteiger partial charge in [0.2, 0.25) is 5.91 Å². The van der Waals surface area contributed by atoms with E-state index in [-0.39, 0.29) is 16.3 Å². The summed E-state index contributed by atoms with van der Waals surface area (Å²) in [6.07, 6.45) is 7.00. The number of hydrogen-bond acceptors (Lipinski definition) is 1. The molecule has 1 amide bonds. The summed E-state index contributed by atoms with van der Waals surface area (Å²) in [5, 5.41) is 0.754. The zero-order chi connectivity index (χ0) is 15.9. The van der Waals surface area contributed by atoms with Crippen molar-refractivity contribution in [1.82, 2.24) is 0 Å². The second-order valence-corrected chi connectivity index (χ2v) is 8.69. The van der Waals surface area contributed by atoms with E-state index < -0.39 is 0 Å². The Kier molecular flexibility index (Phi) is 4.57. The van der Waals surface area contributed by atoms with E-state index in [1.165, 1.54) is 24.8 Å². The van der Waals surface area contributed by atoms with Gasteiger partial charge in [-0.1, -0.05) is 53.7 Å². The molecule has 22 heavy (non-hydrogen) atoms. The molecule has 0 bridgehead atoms. The second kappa shape index (κ2) is 6.16. The minimum absolute atomic E-state index is 0.00237. The van der Waals surface area contributed by atoms with E-state index >= 15 is 0 Å². The number of fused-ring (bicyclic) bond motifs is 1. The van der Waals surface area contributed by atoms with Gasteiger partial charge in [0.05, 0.1) is 4.83 Å². The number of carbonyl (C=O) groups is 1. The molecule has 1 aromatic rings. The van der Waals surface area contributed by atoms with Gasteiger partial charge in [-0.25, -0.2) is 0 Å². The van der Waals surface area contributed by atoms with Crippen molar-refractivity contribution in [2.75, 3.05) is 4.90 Å². The highest BCUT2D eigenvalue weighted by Crippen LogP contribution is 2.50. The van der Waals surface area contributed by atoms with Gasteiger partial charge in [0.15, 0.2) is 0 Å². The van der Waals surface area contributed by atoms with Gasteiger partial charge in [0, 0.05) is 16.2 Å². The average Bonchev–Trinajstić information content (AvgIpc) is 2.48. The molecule has 1 aliphatic carbocycles. The number of carbonyl (C=O) groups excluding carboxylic acids is 1. The van der Waals surface area contributed by atoms with Crippen LogP contribution in [0.1, 0.15) is 63.9 Å². The quantitative estimate of drug-likeness (QED) is 0.571. The number of halogens is 2. The van der Waals surface area contributed by atoms with Crippen LogP contribution < -0.4 is 4.90 Å². The van der Waals surface area contributed by atoms with Crippen LogP contribution in [0.3, 0.4) is 0 Å². The van der Waals surface area contributed by atoms with Crippen molar-refractivity contribution in [3.63, 3.8) is 0 Å². The number of nitrogens with zero attached hydrogens (tertiary/aromatic N) is 1. The predicted molar refractivity (Wildman–Crippen MR) is 96.2 cm³/mol. The molecule has 3 rings (SSSR count). The number of hydrogen-bond donors (Lipinski definition) is 0. The summed E-state index contributed by atoms with van der Waals surface area (Å²) in [4.78, 5) is 14.9. The van der Waals surface area contributed by atoms with E-state index in [0.29, 0.717) is 5.92 Å². The topological polar surface area (TPSA) is 20.3 Å². The van der Waals surface area contributed by atoms with Crippen LogP contribution in [-0.4, -0.2) is 16.3 Å². The highest BCUT2D eigenvalue weighted by Gasteiger charge is 2.47. The van der Waals surface area contributed by atoms with Crippen molar-refractivity contribution in [2.24, 2.45) is 0 Å². The van der Waals surface area contributed by atoms with Gasteiger partial charge < -0.3 is 4.90 Å². The molecule has 0 saturated heterocycles. The lowest BCUT2D eigenvalue weighted by Crippen LogP contribution is -2.58. The molecule has 0 N–H and O–H groups in total. The molecule has 2 nitrogen and oxygen atoms in total. The maximum Gasteiger partial charge on any atom is 0.241 e. The summed E-state index contributed by atoms with van der Waals surface area (Å²) in [5.41, 5.74) is 2.28. The molecule has 1 aliphatic heterocycles. The molecule has 2 aliphatic rings. The lowest BCUT2D eigenvalue weighted by molar-refractivity contribution is -0.119. The van der Waals surface area contributed by atoms with Crippen molar-refractivity contribution in [3.8, 4) is 0 Å². The van der Waals surface area contributed by atoms with E-state index in [0.717, 1.165) is 30.0 Å². The SMILES string of the molecule is CC(Br)C(=O)N1c2ccc(Cl)cc2C(C)CC12CCCCC2. The minimum Gasteiger partial charge on any atom is -0.305 e. The fraction of sp³-hybridized carbons (Fsp3) is 0.611. The summed E-state index contributed by atoms with van der Waals surface area (Å²) in [7, 11) is 0. The van der Waals surface area contributed by atoms with Crippen molar-refractivity contribution >= 4 is 39.1 Å². The lowest BCUT2D eigenvalue weighted by atomic mass is 9.70. The fourth-order valence-corrected chi connectivity index (χ4v) is 4.70. The average molecular weight is 385 g/mol. The Hall–Kier alpha value is -0.540. The van der Waals surface area contributed by atoms with Crippen molar-refractivity contribution in [1.29, 1.82) is 0 Å². The van der Waals surface area contributed by atoms with Crippen LogP contribution in [0, 0.1) is 0 Å². The Balaban J connectivity index is 2.13. The van der Waals surface area contributed by atoms with Gasteiger partial charge in [-0.05, 0) is 55.9 Å². The Morgan fingerprint density at radius 3 is 2.68 bits per heavy atom. The third kappa shape index (κ3) is 2.71. The highest BCUT2D eigenvalue weighted by atomic mass is 79.9. The van der Waals surface area contributed by atoms with Crippen LogP contribution in [0.15, 0.2) is 18.2 Å². The Morgan fingerprint density at radius 2 is 2.05 bits per heavy atom. The fourth-order valence-electron chi connectivity index (χ4n) is 4.32. The summed E-state index contributed by atoms with van der Waals surface area (Å²) in [6.45, 7) is 4.19. The molecule has 1 fully saturated rings. The third-order valence-corrected chi connectivity index (χ3v) is 5.89. The molecular weight excluding hydrogens is 362 g/mol. The summed E-state index contributed by atoms with van der Waals surface area (Å²) >= 11 is 9.69. The standard InChI is InChI=1S/C18H23BrClNO/c1-12-11-18(8-4-3-5-9-18)21(17(22)13(2)19)16-7-6-14(20)10-15(12)16/h6-7,10,12-13H,3-5,8-9,11H2,1-2H3. The monoisotopic (exact) mass is 383 g/mol. The second-order valence-electron chi connectivity index (χ2n) is 6.88. The largest absolute Gasteiger partial charge is 0.305 e. The Morgan fingerprint density at radius 1 is 1.36 bits per heavy atom. The number of rotatable bonds is 1. The van der Waals surface area contributed by atoms with Crippen LogP contribution in [0.25, 0.3) is 0 Å². The Labute approximate surface area is 146 Å². The van der Waals surface area contributed by atoms with Gasteiger partial charge >= 0.3 is 0 Å². The van der Waals surface area contributed by atoms with E-state index in [1.54, 1.807) is 0 Å². The molecule has 1 aromatic carbocycles. The van der Waals surface area contributed by atoms with Crippen LogP contribution in [0.2, 0.25) is 5.02 Å². The zero-order valence-corrected chi connectivity index (χ0v) is 15.6. The third-order valence-electron chi connectivity index (χ3n) is 5.27. The molecule has 0 radical (unpaired) electrons. The van der Waals surface area contributed by atoms with Gasteiger partial charge in [-0.3, -0.25) is 4.79 Å². The van der Waals surface area contributed by atoms with Gasteiger partial charge in [-0.2, -0.15) is 0 Å². The van der Waals surface area contributed by atoms with E-state index in [2.05, 4.69) is 27.8 Å². The van der Waals surface area contributed by atoms with Gasteiger partial charge in [0.1, 0.15) is 0 Å². The molecule has 1 heterocycles. The van der Waals surface area contributed by atoms with Crippen LogP contribution in [0.5, 0.6) is 0 Å². The maximum atomic E-state index is 13.0. The van der Waals surface area contributed by atoms with Crippen LogP contribution in [-0.2, 0) is 4.79 Å². The first kappa shape index (κ1) is 16.3. The van der Waals surface area contributed by atoms with Crippen molar-refractivity contribution in [2.45, 2.75) is 68.7 Å². The molecule has 1 saturated carbocycles. The molecule has 2 atom stereocenters. The van der Waals surface area contributed by atoms with Crippen LogP contribution in [0.4, 0.5) is 5.69 Å². The number of alkyl halides is 1. The van der Waals surface area contributed by atoms with Crippen LogP contribution >= 0.6 is 27.5 Å². The number of anilines is 1. The van der Waals surface area contributed by atoms with E-state index in [4.69, 9.17) is 11.6 Å². The summed E-state index contributed by atoms with van der Waals surface area (Å²) < 4.78 is 0. The summed E-state index contributed by atoms with van der Waals surface area (Å²) in [5.74, 6) is 0.624. The minimum atomic E-state index is -0.164. The first-order valence-corrected chi connectivity index (χ1v) is 9.51. The molecule has 120 valence electrons. The van der Waals surface area contributed by atoms with Gasteiger partial charge in [-0.15, -0.1) is 0 Å². The maximum absolute atomic E-state index is 13.0. The molecular formula is C18H23BrClNO. The zero-order valence-electron chi connectivity index (χ0n) is 13.2. The number of amides is 1. The molecule has 2 unspecified atom stereocenters.